The lowest BCUT2D eigenvalue weighted by Gasteiger charge is -2.35. The summed E-state index contributed by atoms with van der Waals surface area (Å²) in [6.07, 6.45) is 3.23. The molecule has 3 aromatic carbocycles. The molecule has 7 heteroatoms. The van der Waals surface area contributed by atoms with Gasteiger partial charge < -0.3 is 16.0 Å². The molecule has 1 aliphatic rings. The van der Waals surface area contributed by atoms with Gasteiger partial charge >= 0.3 is 0 Å². The van der Waals surface area contributed by atoms with Crippen LogP contribution in [0.15, 0.2) is 66.9 Å². The van der Waals surface area contributed by atoms with Crippen molar-refractivity contribution in [2.45, 2.75) is 46.4 Å². The van der Waals surface area contributed by atoms with Crippen LogP contribution in [0.5, 0.6) is 0 Å². The number of nitrogens with zero attached hydrogens (tertiary/aromatic N) is 3. The van der Waals surface area contributed by atoms with Crippen molar-refractivity contribution in [3.8, 4) is 11.1 Å². The van der Waals surface area contributed by atoms with E-state index in [-0.39, 0.29) is 0 Å². The minimum atomic E-state index is 0.523. The van der Waals surface area contributed by atoms with Crippen LogP contribution in [-0.4, -0.2) is 47.1 Å². The fourth-order valence-corrected chi connectivity index (χ4v) is 5.85. The van der Waals surface area contributed by atoms with Crippen molar-refractivity contribution < 1.29 is 0 Å². The Morgan fingerprint density at radius 1 is 0.769 bits per heavy atom. The fourth-order valence-electron chi connectivity index (χ4n) is 5.34. The van der Waals surface area contributed by atoms with Crippen molar-refractivity contribution in [1.82, 2.24) is 14.4 Å². The molecule has 0 radical (unpaired) electrons. The third-order valence-electron chi connectivity index (χ3n) is 7.39. The maximum absolute atomic E-state index is 6.40. The Morgan fingerprint density at radius 2 is 1.44 bits per heavy atom. The quantitative estimate of drug-likeness (QED) is 0.235. The van der Waals surface area contributed by atoms with Gasteiger partial charge in [0.05, 0.1) is 0 Å². The molecule has 5 rings (SSSR count). The third kappa shape index (κ3) is 7.04. The number of rotatable bonds is 9. The molecule has 4 N–H and O–H groups in total. The maximum atomic E-state index is 6.40. The van der Waals surface area contributed by atoms with Crippen LogP contribution >= 0.6 is 23.2 Å². The normalized spacial score (nSPS) is 14.4. The van der Waals surface area contributed by atoms with E-state index >= 15 is 0 Å². The fraction of sp³-hybridized carbons (Fsp3) is 0.375. The van der Waals surface area contributed by atoms with Crippen molar-refractivity contribution in [3.63, 3.8) is 0 Å². The monoisotopic (exact) mass is 565 g/mol. The molecule has 0 unspecified atom stereocenters. The summed E-state index contributed by atoms with van der Waals surface area (Å²) in [5.41, 5.74) is 19.2. The summed E-state index contributed by atoms with van der Waals surface area (Å²) >= 11 is 12.8. The van der Waals surface area contributed by atoms with Crippen LogP contribution in [0.3, 0.4) is 0 Å². The van der Waals surface area contributed by atoms with Crippen molar-refractivity contribution in [1.29, 1.82) is 0 Å². The summed E-state index contributed by atoms with van der Waals surface area (Å²) in [5.74, 6) is 0. The van der Waals surface area contributed by atoms with Gasteiger partial charge in [0.25, 0.3) is 0 Å². The number of benzene rings is 3. The average Bonchev–Trinajstić information content (AvgIpc) is 3.33. The molecule has 5 nitrogen and oxygen atoms in total. The van der Waals surface area contributed by atoms with Gasteiger partial charge in [0.1, 0.15) is 0 Å². The number of aromatic nitrogens is 1. The molecular weight excluding hydrogens is 525 g/mol. The summed E-state index contributed by atoms with van der Waals surface area (Å²) in [4.78, 5) is 4.97. The highest BCUT2D eigenvalue weighted by atomic mass is 35.5. The Hall–Kier alpha value is -2.38. The third-order valence-corrected chi connectivity index (χ3v) is 8.10. The number of nitrogens with two attached hydrogens (primary N) is 2. The van der Waals surface area contributed by atoms with E-state index in [9.17, 15) is 0 Å². The van der Waals surface area contributed by atoms with Crippen molar-refractivity contribution in [2.24, 2.45) is 11.5 Å². The molecule has 208 valence electrons. The minimum Gasteiger partial charge on any atom is -0.347 e. The van der Waals surface area contributed by atoms with Crippen LogP contribution in [-0.2, 0) is 26.2 Å². The second-order valence-electron chi connectivity index (χ2n) is 9.84. The highest BCUT2D eigenvalue weighted by Crippen LogP contribution is 2.34. The molecule has 1 aliphatic heterocycles. The van der Waals surface area contributed by atoms with E-state index in [2.05, 4.69) is 63.0 Å². The maximum Gasteiger partial charge on any atom is 0.0486 e. The first-order valence-corrected chi connectivity index (χ1v) is 14.8. The molecule has 0 atom stereocenters. The Morgan fingerprint density at radius 3 is 2.10 bits per heavy atom. The first-order valence-electron chi connectivity index (χ1n) is 14.0. The van der Waals surface area contributed by atoms with Crippen LogP contribution in [0.4, 0.5) is 0 Å². The molecule has 0 spiro atoms. The zero-order valence-electron chi connectivity index (χ0n) is 23.2. The van der Waals surface area contributed by atoms with Crippen LogP contribution in [0, 0.1) is 0 Å². The smallest absolute Gasteiger partial charge is 0.0486 e. The number of hydrogen-bond donors (Lipinski definition) is 2. The lowest BCUT2D eigenvalue weighted by Crippen LogP contribution is -2.45. The molecule has 0 amide bonds. The number of piperazine rings is 1. The standard InChI is InChI=1S/C30H35Cl2N5.C2H6/c31-28-7-3-8-29(32)27(28)20-36-15-13-35(14-16-36)19-22-9-10-30-25(17-22)26(21-37(30)12-4-11-33)24-6-2-1-5-23(24)18-34;1-2/h1-3,5-10,17,21H,4,11-16,18-20,33-34H2;1-2H3. The van der Waals surface area contributed by atoms with E-state index in [4.69, 9.17) is 34.7 Å². The van der Waals surface area contributed by atoms with E-state index in [1.54, 1.807) is 0 Å². The molecule has 4 aromatic rings. The summed E-state index contributed by atoms with van der Waals surface area (Å²) in [6.45, 7) is 11.9. The van der Waals surface area contributed by atoms with Gasteiger partial charge in [-0.2, -0.15) is 0 Å². The second kappa shape index (κ2) is 14.3. The molecule has 1 fully saturated rings. The van der Waals surface area contributed by atoms with Gasteiger partial charge in [-0.15, -0.1) is 0 Å². The van der Waals surface area contributed by atoms with Gasteiger partial charge in [0.15, 0.2) is 0 Å². The Bertz CT molecular complexity index is 1340. The topological polar surface area (TPSA) is 63.5 Å². The van der Waals surface area contributed by atoms with Crippen molar-refractivity contribution >= 4 is 34.1 Å². The lowest BCUT2D eigenvalue weighted by atomic mass is 9.98. The largest absolute Gasteiger partial charge is 0.347 e. The minimum absolute atomic E-state index is 0.523. The summed E-state index contributed by atoms with van der Waals surface area (Å²) in [5, 5.41) is 2.77. The van der Waals surface area contributed by atoms with Crippen LogP contribution < -0.4 is 11.5 Å². The zero-order valence-corrected chi connectivity index (χ0v) is 24.7. The molecule has 39 heavy (non-hydrogen) atoms. The van der Waals surface area contributed by atoms with Gasteiger partial charge in [0.2, 0.25) is 0 Å². The highest BCUT2D eigenvalue weighted by molar-refractivity contribution is 6.35. The number of halogens is 2. The van der Waals surface area contributed by atoms with Gasteiger partial charge in [-0.1, -0.05) is 73.4 Å². The molecule has 2 heterocycles. The summed E-state index contributed by atoms with van der Waals surface area (Å²) < 4.78 is 2.34. The molecule has 1 aromatic heterocycles. The molecular formula is C32H41Cl2N5. The Kier molecular flexibility index (Phi) is 10.9. The lowest BCUT2D eigenvalue weighted by molar-refractivity contribution is 0.122. The average molecular weight is 567 g/mol. The van der Waals surface area contributed by atoms with Gasteiger partial charge in [-0.05, 0) is 53.9 Å². The first-order chi connectivity index (χ1) is 19.1. The highest BCUT2D eigenvalue weighted by Gasteiger charge is 2.20. The van der Waals surface area contributed by atoms with Crippen LogP contribution in [0.2, 0.25) is 10.0 Å². The first kappa shape index (κ1) is 29.6. The van der Waals surface area contributed by atoms with E-state index in [0.29, 0.717) is 13.1 Å². The van der Waals surface area contributed by atoms with E-state index in [0.717, 1.165) is 67.8 Å². The van der Waals surface area contributed by atoms with E-state index in [1.165, 1.54) is 33.2 Å². The SMILES string of the molecule is CC.NCCCn1cc(-c2ccccc2CN)c2cc(CN3CCN(Cc4c(Cl)cccc4Cl)CC3)ccc21. The molecule has 0 bridgehead atoms. The number of hydrogen-bond acceptors (Lipinski definition) is 4. The van der Waals surface area contributed by atoms with Gasteiger partial charge in [-0.25, -0.2) is 0 Å². The van der Waals surface area contributed by atoms with E-state index < -0.39 is 0 Å². The van der Waals surface area contributed by atoms with Gasteiger partial charge in [0, 0.05) is 90.6 Å². The molecule has 0 saturated carbocycles. The number of aryl methyl sites for hydroxylation is 1. The molecule has 0 aliphatic carbocycles. The van der Waals surface area contributed by atoms with E-state index in [1.807, 2.05) is 32.0 Å². The summed E-state index contributed by atoms with van der Waals surface area (Å²) in [6, 6.07) is 21.1. The van der Waals surface area contributed by atoms with Crippen LogP contribution in [0.1, 0.15) is 37.0 Å². The summed E-state index contributed by atoms with van der Waals surface area (Å²) in [7, 11) is 0. The molecule has 1 saturated heterocycles. The number of fused-ring (bicyclic) bond motifs is 1. The van der Waals surface area contributed by atoms with Crippen molar-refractivity contribution in [2.75, 3.05) is 32.7 Å². The predicted molar refractivity (Wildman–Crippen MR) is 167 cm³/mol. The van der Waals surface area contributed by atoms with Crippen LogP contribution in [0.25, 0.3) is 22.0 Å². The zero-order chi connectivity index (χ0) is 27.8. The Labute approximate surface area is 243 Å². The second-order valence-corrected chi connectivity index (χ2v) is 10.7. The Balaban J connectivity index is 0.00000172. The van der Waals surface area contributed by atoms with Crippen molar-refractivity contribution in [3.05, 3.63) is 93.6 Å². The predicted octanol–water partition coefficient (Wildman–Crippen LogP) is 6.77. The van der Waals surface area contributed by atoms with Gasteiger partial charge in [-0.3, -0.25) is 9.80 Å².